The van der Waals surface area contributed by atoms with Crippen molar-refractivity contribution in [2.24, 2.45) is 12.8 Å². The fourth-order valence-corrected chi connectivity index (χ4v) is 1.97. The summed E-state index contributed by atoms with van der Waals surface area (Å²) in [5.74, 6) is 0.737. The molecule has 0 aliphatic rings. The van der Waals surface area contributed by atoms with Crippen LogP contribution in [-0.4, -0.2) is 22.8 Å². The molecule has 106 valence electrons. The third-order valence-corrected chi connectivity index (χ3v) is 2.96. The number of carbonyl (C=O) groups is 1. The number of hydrogen-bond acceptors (Lipinski definition) is 4. The van der Waals surface area contributed by atoms with Gasteiger partial charge in [0.1, 0.15) is 5.75 Å². The fourth-order valence-electron chi connectivity index (χ4n) is 1.97. The summed E-state index contributed by atoms with van der Waals surface area (Å²) in [6.45, 7) is 2.23. The zero-order valence-corrected chi connectivity index (χ0v) is 11.8. The van der Waals surface area contributed by atoms with Crippen LogP contribution >= 0.6 is 0 Å². The van der Waals surface area contributed by atoms with Crippen LogP contribution in [0.15, 0.2) is 24.4 Å². The molecule has 0 aliphatic carbocycles. The maximum Gasteiger partial charge on any atom is 0.260 e. The average molecular weight is 274 g/mol. The Labute approximate surface area is 117 Å². The number of aryl methyl sites for hydroxylation is 2. The molecule has 1 aromatic heterocycles. The molecule has 0 radical (unpaired) electrons. The van der Waals surface area contributed by atoms with E-state index in [1.165, 1.54) is 7.11 Å². The zero-order chi connectivity index (χ0) is 14.7. The van der Waals surface area contributed by atoms with Gasteiger partial charge in [-0.2, -0.15) is 5.10 Å². The summed E-state index contributed by atoms with van der Waals surface area (Å²) in [6.07, 6.45) is 1.78. The average Bonchev–Trinajstić information content (AvgIpc) is 2.78. The number of nitrogens with zero attached hydrogens (tertiary/aromatic N) is 2. The molecule has 6 heteroatoms. The third kappa shape index (κ3) is 2.80. The predicted octanol–water partition coefficient (Wildman–Crippen LogP) is 1.45. The maximum atomic E-state index is 12.3. The minimum Gasteiger partial charge on any atom is -0.496 e. The Bertz CT molecular complexity index is 634. The summed E-state index contributed by atoms with van der Waals surface area (Å²) in [6, 6.07) is 5.44. The van der Waals surface area contributed by atoms with Gasteiger partial charge in [-0.25, -0.2) is 0 Å². The summed E-state index contributed by atoms with van der Waals surface area (Å²) in [4.78, 5) is 12.3. The number of carbonyl (C=O) groups excluding carboxylic acids is 1. The third-order valence-electron chi connectivity index (χ3n) is 2.96. The lowest BCUT2D eigenvalue weighted by Gasteiger charge is -2.09. The second-order valence-corrected chi connectivity index (χ2v) is 4.54. The number of rotatable bonds is 4. The first-order chi connectivity index (χ1) is 9.55. The van der Waals surface area contributed by atoms with Crippen LogP contribution in [0.3, 0.4) is 0 Å². The van der Waals surface area contributed by atoms with Crippen LogP contribution in [0, 0.1) is 6.92 Å². The molecule has 0 unspecified atom stereocenters. The maximum absolute atomic E-state index is 12.3. The second-order valence-electron chi connectivity index (χ2n) is 4.54. The van der Waals surface area contributed by atoms with Gasteiger partial charge < -0.3 is 15.8 Å². The van der Waals surface area contributed by atoms with Crippen LogP contribution < -0.4 is 15.8 Å². The van der Waals surface area contributed by atoms with Gasteiger partial charge in [-0.1, -0.05) is 11.6 Å². The molecule has 6 nitrogen and oxygen atoms in total. The van der Waals surface area contributed by atoms with E-state index in [2.05, 4.69) is 10.4 Å². The van der Waals surface area contributed by atoms with Gasteiger partial charge in [-0.3, -0.25) is 9.48 Å². The zero-order valence-electron chi connectivity index (χ0n) is 11.8. The van der Waals surface area contributed by atoms with Crippen molar-refractivity contribution in [1.82, 2.24) is 9.78 Å². The fraction of sp³-hybridized carbons (Fsp3) is 0.286. The Balaban J connectivity index is 2.30. The van der Waals surface area contributed by atoms with Gasteiger partial charge in [-0.05, 0) is 19.1 Å². The number of nitrogens with one attached hydrogen (secondary N) is 1. The first kappa shape index (κ1) is 14.1. The van der Waals surface area contributed by atoms with Gasteiger partial charge in [0.05, 0.1) is 12.7 Å². The first-order valence-electron chi connectivity index (χ1n) is 6.23. The Morgan fingerprint density at radius 3 is 2.90 bits per heavy atom. The quantitative estimate of drug-likeness (QED) is 0.884. The lowest BCUT2D eigenvalue weighted by atomic mass is 10.1. The van der Waals surface area contributed by atoms with Crippen LogP contribution in [0.25, 0.3) is 0 Å². The van der Waals surface area contributed by atoms with Crippen LogP contribution in [0.4, 0.5) is 5.82 Å². The highest BCUT2D eigenvalue weighted by molar-refractivity contribution is 6.06. The largest absolute Gasteiger partial charge is 0.496 e. The van der Waals surface area contributed by atoms with Crippen LogP contribution in [0.1, 0.15) is 21.5 Å². The highest BCUT2D eigenvalue weighted by Gasteiger charge is 2.15. The van der Waals surface area contributed by atoms with Gasteiger partial charge in [-0.15, -0.1) is 0 Å². The molecule has 2 rings (SSSR count). The van der Waals surface area contributed by atoms with Crippen LogP contribution in [-0.2, 0) is 13.6 Å². The van der Waals surface area contributed by atoms with Crippen molar-refractivity contribution >= 4 is 11.7 Å². The van der Waals surface area contributed by atoms with E-state index < -0.39 is 0 Å². The molecule has 0 saturated carbocycles. The van der Waals surface area contributed by atoms with Crippen LogP contribution in [0.5, 0.6) is 5.75 Å². The normalized spacial score (nSPS) is 10.4. The summed E-state index contributed by atoms with van der Waals surface area (Å²) < 4.78 is 6.83. The SMILES string of the molecule is COc1ccc(C)cc1C(=O)Nc1nn(C)cc1CN. The van der Waals surface area contributed by atoms with Crippen molar-refractivity contribution in [2.45, 2.75) is 13.5 Å². The Kier molecular flexibility index (Phi) is 4.05. The second kappa shape index (κ2) is 5.75. The minimum absolute atomic E-state index is 0.265. The molecule has 0 fully saturated rings. The molecular weight excluding hydrogens is 256 g/mol. The molecule has 1 aromatic carbocycles. The van der Waals surface area contributed by atoms with Crippen molar-refractivity contribution in [3.63, 3.8) is 0 Å². The van der Waals surface area contributed by atoms with E-state index in [9.17, 15) is 4.79 Å². The predicted molar refractivity (Wildman–Crippen MR) is 76.8 cm³/mol. The van der Waals surface area contributed by atoms with Crippen molar-refractivity contribution in [3.8, 4) is 5.75 Å². The summed E-state index contributed by atoms with van der Waals surface area (Å²) >= 11 is 0. The van der Waals surface area contributed by atoms with Gasteiger partial charge >= 0.3 is 0 Å². The van der Waals surface area contributed by atoms with Gasteiger partial charge in [0, 0.05) is 25.4 Å². The monoisotopic (exact) mass is 274 g/mol. The van der Waals surface area contributed by atoms with Crippen LogP contribution in [0.2, 0.25) is 0 Å². The van der Waals surface area contributed by atoms with Crippen molar-refractivity contribution < 1.29 is 9.53 Å². The molecule has 3 N–H and O–H groups in total. The highest BCUT2D eigenvalue weighted by Crippen LogP contribution is 2.21. The summed E-state index contributed by atoms with van der Waals surface area (Å²) in [5, 5.41) is 6.96. The van der Waals surface area contributed by atoms with Crippen molar-refractivity contribution in [1.29, 1.82) is 0 Å². The van der Waals surface area contributed by atoms with E-state index in [0.29, 0.717) is 23.7 Å². The Morgan fingerprint density at radius 1 is 1.50 bits per heavy atom. The van der Waals surface area contributed by atoms with E-state index in [1.807, 2.05) is 13.0 Å². The van der Waals surface area contributed by atoms with Gasteiger partial charge in [0.25, 0.3) is 5.91 Å². The molecule has 20 heavy (non-hydrogen) atoms. The minimum atomic E-state index is -0.265. The Morgan fingerprint density at radius 2 is 2.25 bits per heavy atom. The van der Waals surface area contributed by atoms with Gasteiger partial charge in [0.2, 0.25) is 0 Å². The first-order valence-corrected chi connectivity index (χ1v) is 6.23. The molecule has 2 aromatic rings. The summed E-state index contributed by atoms with van der Waals surface area (Å²) in [5.41, 5.74) is 7.87. The molecular formula is C14H18N4O2. The topological polar surface area (TPSA) is 82.2 Å². The highest BCUT2D eigenvalue weighted by atomic mass is 16.5. The van der Waals surface area contributed by atoms with Crippen molar-refractivity contribution in [2.75, 3.05) is 12.4 Å². The Hall–Kier alpha value is -2.34. The molecule has 0 aliphatic heterocycles. The van der Waals surface area contributed by atoms with E-state index in [4.69, 9.17) is 10.5 Å². The van der Waals surface area contributed by atoms with E-state index in [-0.39, 0.29) is 5.91 Å². The molecule has 0 saturated heterocycles. The lowest BCUT2D eigenvalue weighted by molar-refractivity contribution is 0.102. The number of ether oxygens (including phenoxy) is 1. The smallest absolute Gasteiger partial charge is 0.260 e. The number of anilines is 1. The van der Waals surface area contributed by atoms with E-state index in [0.717, 1.165) is 11.1 Å². The lowest BCUT2D eigenvalue weighted by Crippen LogP contribution is -2.15. The molecule has 0 bridgehead atoms. The number of benzene rings is 1. The van der Waals surface area contributed by atoms with E-state index >= 15 is 0 Å². The number of amides is 1. The molecule has 1 heterocycles. The van der Waals surface area contributed by atoms with E-state index in [1.54, 1.807) is 30.1 Å². The molecule has 1 amide bonds. The summed E-state index contributed by atoms with van der Waals surface area (Å²) in [7, 11) is 3.32. The molecule has 0 spiro atoms. The number of aromatic nitrogens is 2. The number of hydrogen-bond donors (Lipinski definition) is 2. The number of nitrogens with two attached hydrogens (primary N) is 1. The molecule has 0 atom stereocenters. The van der Waals surface area contributed by atoms with Crippen molar-refractivity contribution in [3.05, 3.63) is 41.1 Å². The van der Waals surface area contributed by atoms with Gasteiger partial charge in [0.15, 0.2) is 5.82 Å². The number of methoxy groups -OCH3 is 1. The standard InChI is InChI=1S/C14H18N4O2/c1-9-4-5-12(20-3)11(6-9)14(19)16-13-10(7-15)8-18(2)17-13/h4-6,8H,7,15H2,1-3H3,(H,16,17,19).